The topological polar surface area (TPSA) is 66.0 Å². The van der Waals surface area contributed by atoms with E-state index in [1.54, 1.807) is 0 Å². The van der Waals surface area contributed by atoms with Crippen LogP contribution in [0.25, 0.3) is 0 Å². The lowest BCUT2D eigenvalue weighted by Crippen LogP contribution is -2.62. The summed E-state index contributed by atoms with van der Waals surface area (Å²) < 4.78 is 24.2. The number of rotatable bonds is 7. The minimum absolute atomic E-state index is 0.0372. The largest absolute Gasteiger partial charge is 0.444 e. The first-order chi connectivity index (χ1) is 15.2. The van der Waals surface area contributed by atoms with Crippen molar-refractivity contribution in [3.8, 4) is 0 Å². The first-order valence-corrected chi connectivity index (χ1v) is 11.2. The van der Waals surface area contributed by atoms with Gasteiger partial charge in [-0.25, -0.2) is 4.79 Å². The van der Waals surface area contributed by atoms with E-state index in [2.05, 4.69) is 12.2 Å². The normalized spacial score (nSPS) is 25.8. The lowest BCUT2D eigenvalue weighted by molar-refractivity contribution is -0.256. The molecule has 174 valence electrons. The van der Waals surface area contributed by atoms with Gasteiger partial charge in [-0.3, -0.25) is 0 Å². The van der Waals surface area contributed by atoms with Crippen molar-refractivity contribution in [2.24, 2.45) is 5.92 Å². The van der Waals surface area contributed by atoms with Gasteiger partial charge >= 0.3 is 6.09 Å². The van der Waals surface area contributed by atoms with E-state index in [-0.39, 0.29) is 18.1 Å². The highest BCUT2D eigenvalue weighted by Gasteiger charge is 2.45. The van der Waals surface area contributed by atoms with E-state index in [1.807, 2.05) is 88.4 Å². The SMILES string of the molecule is C[C@@H]1[C@@H](OCc2ccccc2)[C@H](NC(=O)OC(C)(C)C)C(OCc2ccccc2)O[C@@H]1C. The molecule has 2 aromatic rings. The highest BCUT2D eigenvalue weighted by atomic mass is 16.7. The predicted octanol–water partition coefficient (Wildman–Crippen LogP) is 5.06. The molecule has 0 aromatic heterocycles. The van der Waals surface area contributed by atoms with Gasteiger partial charge in [-0.2, -0.15) is 0 Å². The van der Waals surface area contributed by atoms with Gasteiger partial charge in [0.15, 0.2) is 6.29 Å². The molecule has 2 aromatic carbocycles. The molecule has 32 heavy (non-hydrogen) atoms. The van der Waals surface area contributed by atoms with Gasteiger partial charge in [0.05, 0.1) is 25.4 Å². The van der Waals surface area contributed by atoms with Crippen LogP contribution in [-0.4, -0.2) is 36.2 Å². The Morgan fingerprint density at radius 2 is 1.44 bits per heavy atom. The quantitative estimate of drug-likeness (QED) is 0.650. The Morgan fingerprint density at radius 3 is 1.97 bits per heavy atom. The van der Waals surface area contributed by atoms with Crippen molar-refractivity contribution in [2.45, 2.75) is 78.0 Å². The van der Waals surface area contributed by atoms with Gasteiger partial charge in [-0.15, -0.1) is 0 Å². The summed E-state index contributed by atoms with van der Waals surface area (Å²) in [5.41, 5.74) is 1.48. The number of alkyl carbamates (subject to hydrolysis) is 1. The van der Waals surface area contributed by atoms with Crippen LogP contribution in [0.4, 0.5) is 4.79 Å². The van der Waals surface area contributed by atoms with E-state index in [4.69, 9.17) is 18.9 Å². The molecule has 0 spiro atoms. The zero-order valence-corrected chi connectivity index (χ0v) is 19.6. The highest BCUT2D eigenvalue weighted by Crippen LogP contribution is 2.30. The molecule has 1 heterocycles. The van der Waals surface area contributed by atoms with E-state index in [1.165, 1.54) is 0 Å². The lowest BCUT2D eigenvalue weighted by atomic mass is 9.89. The van der Waals surface area contributed by atoms with Crippen molar-refractivity contribution in [3.05, 3.63) is 71.8 Å². The molecular formula is C26H35NO5. The third-order valence-electron chi connectivity index (χ3n) is 5.48. The monoisotopic (exact) mass is 441 g/mol. The molecule has 1 amide bonds. The minimum atomic E-state index is -0.672. The number of hydrogen-bond acceptors (Lipinski definition) is 5. The van der Waals surface area contributed by atoms with Crippen LogP contribution < -0.4 is 5.32 Å². The van der Waals surface area contributed by atoms with Crippen molar-refractivity contribution < 1.29 is 23.7 Å². The molecule has 5 atom stereocenters. The van der Waals surface area contributed by atoms with Gasteiger partial charge in [0.2, 0.25) is 0 Å². The Labute approximate surface area is 191 Å². The summed E-state index contributed by atoms with van der Waals surface area (Å²) in [6.07, 6.45) is -1.61. The number of carbonyl (C=O) groups excluding carboxylic acids is 1. The van der Waals surface area contributed by atoms with Crippen LogP contribution in [0.2, 0.25) is 0 Å². The third-order valence-corrected chi connectivity index (χ3v) is 5.48. The van der Waals surface area contributed by atoms with Gasteiger partial charge in [-0.1, -0.05) is 67.6 Å². The standard InChI is InChI=1S/C26H35NO5/c1-18-19(2)31-24(30-17-21-14-10-7-11-15-21)22(27-25(28)32-26(3,4)5)23(18)29-16-20-12-8-6-9-13-20/h6-15,18-19,22-24H,16-17H2,1-5H3,(H,27,28)/t18-,19+,22-,23+,24?/m0/s1. The third kappa shape index (κ3) is 7.05. The molecule has 0 bridgehead atoms. The molecule has 6 nitrogen and oxygen atoms in total. The second-order valence-electron chi connectivity index (χ2n) is 9.30. The number of benzene rings is 2. The Kier molecular flexibility index (Phi) is 8.29. The summed E-state index contributed by atoms with van der Waals surface area (Å²) >= 11 is 0. The van der Waals surface area contributed by atoms with Crippen molar-refractivity contribution in [1.82, 2.24) is 5.32 Å². The Hall–Kier alpha value is -2.41. The molecule has 1 unspecified atom stereocenters. The number of ether oxygens (including phenoxy) is 4. The van der Waals surface area contributed by atoms with Gasteiger partial charge in [0.25, 0.3) is 0 Å². The highest BCUT2D eigenvalue weighted by molar-refractivity contribution is 5.68. The van der Waals surface area contributed by atoms with Crippen LogP contribution in [0, 0.1) is 5.92 Å². The van der Waals surface area contributed by atoms with Gasteiger partial charge < -0.3 is 24.3 Å². The second kappa shape index (κ2) is 10.9. The molecule has 1 aliphatic heterocycles. The molecule has 1 fully saturated rings. The fourth-order valence-corrected chi connectivity index (χ4v) is 3.68. The predicted molar refractivity (Wildman–Crippen MR) is 123 cm³/mol. The van der Waals surface area contributed by atoms with Gasteiger partial charge in [-0.05, 0) is 38.8 Å². The van der Waals surface area contributed by atoms with E-state index in [0.29, 0.717) is 13.2 Å². The van der Waals surface area contributed by atoms with E-state index >= 15 is 0 Å². The Bertz CT molecular complexity index is 836. The van der Waals surface area contributed by atoms with Crippen molar-refractivity contribution in [1.29, 1.82) is 0 Å². The number of nitrogens with one attached hydrogen (secondary N) is 1. The smallest absolute Gasteiger partial charge is 0.408 e. The van der Waals surface area contributed by atoms with Crippen LogP contribution >= 0.6 is 0 Å². The Morgan fingerprint density at radius 1 is 0.906 bits per heavy atom. The summed E-state index contributed by atoms with van der Waals surface area (Å²) in [6.45, 7) is 10.4. The van der Waals surface area contributed by atoms with E-state index in [0.717, 1.165) is 11.1 Å². The van der Waals surface area contributed by atoms with Crippen LogP contribution in [0.1, 0.15) is 45.7 Å². The fraction of sp³-hybridized carbons (Fsp3) is 0.500. The summed E-state index contributed by atoms with van der Waals surface area (Å²) in [5, 5.41) is 2.96. The average Bonchev–Trinajstić information content (AvgIpc) is 2.75. The molecule has 6 heteroatoms. The van der Waals surface area contributed by atoms with Crippen LogP contribution in [0.3, 0.4) is 0 Å². The zero-order valence-electron chi connectivity index (χ0n) is 19.6. The molecule has 1 aliphatic rings. The zero-order chi connectivity index (χ0) is 23.1. The van der Waals surface area contributed by atoms with Crippen molar-refractivity contribution in [2.75, 3.05) is 0 Å². The number of carbonyl (C=O) groups is 1. The molecule has 0 radical (unpaired) electrons. The summed E-state index contributed by atoms with van der Waals surface area (Å²) in [7, 11) is 0. The van der Waals surface area contributed by atoms with Crippen LogP contribution in [0.5, 0.6) is 0 Å². The van der Waals surface area contributed by atoms with Gasteiger partial charge in [0.1, 0.15) is 11.6 Å². The van der Waals surface area contributed by atoms with Crippen LogP contribution in [-0.2, 0) is 32.2 Å². The molecule has 1 N–H and O–H groups in total. The maximum Gasteiger partial charge on any atom is 0.408 e. The van der Waals surface area contributed by atoms with Crippen molar-refractivity contribution >= 4 is 6.09 Å². The Balaban J connectivity index is 1.77. The fourth-order valence-electron chi connectivity index (χ4n) is 3.68. The van der Waals surface area contributed by atoms with Crippen LogP contribution in [0.15, 0.2) is 60.7 Å². The second-order valence-corrected chi connectivity index (χ2v) is 9.30. The molecule has 0 aliphatic carbocycles. The first-order valence-electron chi connectivity index (χ1n) is 11.2. The summed E-state index contributed by atoms with van der Waals surface area (Å²) in [4.78, 5) is 12.7. The molecule has 1 saturated heterocycles. The van der Waals surface area contributed by atoms with Crippen molar-refractivity contribution in [3.63, 3.8) is 0 Å². The van der Waals surface area contributed by atoms with E-state index < -0.39 is 24.0 Å². The molecule has 0 saturated carbocycles. The summed E-state index contributed by atoms with van der Waals surface area (Å²) in [6, 6.07) is 19.3. The van der Waals surface area contributed by atoms with Gasteiger partial charge in [0, 0.05) is 5.92 Å². The molecular weight excluding hydrogens is 406 g/mol. The summed E-state index contributed by atoms with van der Waals surface area (Å²) in [5.74, 6) is 0.0372. The average molecular weight is 442 g/mol. The molecule has 3 rings (SSSR count). The number of amides is 1. The number of hydrogen-bond donors (Lipinski definition) is 1. The lowest BCUT2D eigenvalue weighted by Gasteiger charge is -2.44. The first kappa shape index (κ1) is 24.2. The maximum atomic E-state index is 12.7. The minimum Gasteiger partial charge on any atom is -0.444 e. The van der Waals surface area contributed by atoms with E-state index in [9.17, 15) is 4.79 Å². The maximum absolute atomic E-state index is 12.7.